The molecular formula is C27H32ClFN4O3. The van der Waals surface area contributed by atoms with Crippen molar-refractivity contribution in [2.24, 2.45) is 11.0 Å². The van der Waals surface area contributed by atoms with Gasteiger partial charge in [-0.3, -0.25) is 14.5 Å². The number of benzene rings is 2. The van der Waals surface area contributed by atoms with Crippen LogP contribution in [0.5, 0.6) is 0 Å². The predicted octanol–water partition coefficient (Wildman–Crippen LogP) is 3.97. The Morgan fingerprint density at radius 1 is 1.14 bits per heavy atom. The van der Waals surface area contributed by atoms with Crippen molar-refractivity contribution in [2.75, 3.05) is 45.9 Å². The lowest BCUT2D eigenvalue weighted by Gasteiger charge is -2.31. The van der Waals surface area contributed by atoms with Crippen molar-refractivity contribution < 1.29 is 18.7 Å². The summed E-state index contributed by atoms with van der Waals surface area (Å²) in [5, 5.41) is 6.56. The number of ether oxygens (including phenoxy) is 1. The first-order chi connectivity index (χ1) is 17.3. The summed E-state index contributed by atoms with van der Waals surface area (Å²) in [4.78, 5) is 30.5. The van der Waals surface area contributed by atoms with Gasteiger partial charge < -0.3 is 9.64 Å². The van der Waals surface area contributed by atoms with Gasteiger partial charge in [0.1, 0.15) is 12.4 Å². The zero-order valence-electron chi connectivity index (χ0n) is 20.7. The molecule has 0 aliphatic carbocycles. The van der Waals surface area contributed by atoms with E-state index in [0.29, 0.717) is 49.0 Å². The number of hydrazone groups is 1. The molecule has 4 rings (SSSR count). The Morgan fingerprint density at radius 3 is 2.50 bits per heavy atom. The molecule has 2 aliphatic rings. The summed E-state index contributed by atoms with van der Waals surface area (Å²) in [5.41, 5.74) is 1.71. The van der Waals surface area contributed by atoms with E-state index in [0.717, 1.165) is 18.7 Å². The SMILES string of the molecule is CC(C)C(=O)N(CCN1CCOCC1)CC(=O)N1N=C(c2ccccc2F)C[C@@H]1c1ccc(Cl)cc1. The molecule has 0 saturated carbocycles. The van der Waals surface area contributed by atoms with Gasteiger partial charge in [0.15, 0.2) is 0 Å². The van der Waals surface area contributed by atoms with Crippen LogP contribution in [0.3, 0.4) is 0 Å². The van der Waals surface area contributed by atoms with Crippen molar-refractivity contribution in [1.82, 2.24) is 14.8 Å². The number of nitrogens with zero attached hydrogens (tertiary/aromatic N) is 4. The van der Waals surface area contributed by atoms with Crippen molar-refractivity contribution in [1.29, 1.82) is 0 Å². The van der Waals surface area contributed by atoms with Gasteiger partial charge >= 0.3 is 0 Å². The molecule has 0 spiro atoms. The van der Waals surface area contributed by atoms with Crippen molar-refractivity contribution in [3.8, 4) is 0 Å². The van der Waals surface area contributed by atoms with E-state index in [1.54, 1.807) is 35.2 Å². The zero-order valence-corrected chi connectivity index (χ0v) is 21.5. The highest BCUT2D eigenvalue weighted by atomic mass is 35.5. The lowest BCUT2D eigenvalue weighted by molar-refractivity contribution is -0.143. The minimum atomic E-state index is -0.417. The molecule has 1 fully saturated rings. The molecule has 0 aromatic heterocycles. The van der Waals surface area contributed by atoms with E-state index in [-0.39, 0.29) is 30.1 Å². The summed E-state index contributed by atoms with van der Waals surface area (Å²) in [6.45, 7) is 7.61. The molecule has 192 valence electrons. The van der Waals surface area contributed by atoms with Gasteiger partial charge in [0.25, 0.3) is 5.91 Å². The summed E-state index contributed by atoms with van der Waals surface area (Å²) in [6.07, 6.45) is 0.361. The van der Waals surface area contributed by atoms with Crippen LogP contribution >= 0.6 is 11.6 Å². The third-order valence-electron chi connectivity index (χ3n) is 6.53. The number of morpholine rings is 1. The minimum absolute atomic E-state index is 0.0860. The third kappa shape index (κ3) is 6.30. The van der Waals surface area contributed by atoms with Crippen molar-refractivity contribution in [2.45, 2.75) is 26.3 Å². The van der Waals surface area contributed by atoms with Gasteiger partial charge in [-0.15, -0.1) is 0 Å². The first-order valence-electron chi connectivity index (χ1n) is 12.3. The number of rotatable bonds is 8. The van der Waals surface area contributed by atoms with Crippen LogP contribution < -0.4 is 0 Å². The fourth-order valence-corrected chi connectivity index (χ4v) is 4.62. The molecule has 1 atom stereocenters. The summed E-state index contributed by atoms with van der Waals surface area (Å²) >= 11 is 6.08. The van der Waals surface area contributed by atoms with Gasteiger partial charge in [0.2, 0.25) is 5.91 Å². The second-order valence-corrected chi connectivity index (χ2v) is 9.84. The first-order valence-corrected chi connectivity index (χ1v) is 12.7. The number of halogens is 2. The van der Waals surface area contributed by atoms with Crippen LogP contribution in [0.1, 0.15) is 37.4 Å². The van der Waals surface area contributed by atoms with E-state index in [4.69, 9.17) is 16.3 Å². The molecule has 9 heteroatoms. The molecule has 7 nitrogen and oxygen atoms in total. The molecule has 0 unspecified atom stereocenters. The molecule has 2 amide bonds. The molecule has 2 aromatic rings. The lowest BCUT2D eigenvalue weighted by atomic mass is 9.98. The smallest absolute Gasteiger partial charge is 0.262 e. The van der Waals surface area contributed by atoms with Crippen molar-refractivity contribution >= 4 is 29.1 Å². The molecule has 0 radical (unpaired) electrons. The van der Waals surface area contributed by atoms with E-state index < -0.39 is 6.04 Å². The number of hydrogen-bond acceptors (Lipinski definition) is 5. The Morgan fingerprint density at radius 2 is 1.83 bits per heavy atom. The Balaban J connectivity index is 1.57. The lowest BCUT2D eigenvalue weighted by Crippen LogP contribution is -2.47. The maximum atomic E-state index is 14.6. The van der Waals surface area contributed by atoms with Gasteiger partial charge in [0.05, 0.1) is 25.0 Å². The molecule has 36 heavy (non-hydrogen) atoms. The molecule has 0 N–H and O–H groups in total. The maximum Gasteiger partial charge on any atom is 0.262 e. The van der Waals surface area contributed by atoms with Crippen molar-refractivity contribution in [3.05, 3.63) is 70.5 Å². The van der Waals surface area contributed by atoms with Crippen LogP contribution in [0.2, 0.25) is 5.02 Å². The topological polar surface area (TPSA) is 65.5 Å². The standard InChI is InChI=1S/C27H32ClFN4O3/c1-19(2)27(35)32(12-11-31-13-15-36-16-14-31)18-26(34)33-25(20-7-9-21(28)10-8-20)17-24(30-33)22-5-3-4-6-23(22)29/h3-10,19,25H,11-18H2,1-2H3/t25-/m1/s1. The highest BCUT2D eigenvalue weighted by Gasteiger charge is 2.35. The Bertz CT molecular complexity index is 1100. The van der Waals surface area contributed by atoms with Crippen LogP contribution in [0.15, 0.2) is 53.6 Å². The zero-order chi connectivity index (χ0) is 25.7. The quantitative estimate of drug-likeness (QED) is 0.534. The van der Waals surface area contributed by atoms with Gasteiger partial charge in [-0.1, -0.05) is 55.8 Å². The average Bonchev–Trinajstić information content (AvgIpc) is 3.32. The van der Waals surface area contributed by atoms with Crippen LogP contribution in [0, 0.1) is 11.7 Å². The second kappa shape index (κ2) is 12.0. The number of hydrogen-bond donors (Lipinski definition) is 0. The van der Waals surface area contributed by atoms with Crippen LogP contribution in [-0.4, -0.2) is 78.3 Å². The summed E-state index contributed by atoms with van der Waals surface area (Å²) in [5.74, 6) is -1.03. The average molecular weight is 515 g/mol. The summed E-state index contributed by atoms with van der Waals surface area (Å²) < 4.78 is 20.0. The third-order valence-corrected chi connectivity index (χ3v) is 6.78. The highest BCUT2D eigenvalue weighted by molar-refractivity contribution is 6.30. The maximum absolute atomic E-state index is 14.6. The Hall–Kier alpha value is -2.81. The fraction of sp³-hybridized carbons (Fsp3) is 0.444. The number of carbonyl (C=O) groups excluding carboxylic acids is 2. The van der Waals surface area contributed by atoms with Crippen LogP contribution in [-0.2, 0) is 14.3 Å². The molecule has 0 bridgehead atoms. The van der Waals surface area contributed by atoms with Crippen LogP contribution in [0.4, 0.5) is 4.39 Å². The van der Waals surface area contributed by atoms with Gasteiger partial charge in [0, 0.05) is 49.1 Å². The van der Waals surface area contributed by atoms with Crippen molar-refractivity contribution in [3.63, 3.8) is 0 Å². The number of carbonyl (C=O) groups is 2. The van der Waals surface area contributed by atoms with E-state index in [2.05, 4.69) is 10.0 Å². The largest absolute Gasteiger partial charge is 0.379 e. The normalized spacial score (nSPS) is 18.4. The van der Waals surface area contributed by atoms with Crippen LogP contribution in [0.25, 0.3) is 0 Å². The second-order valence-electron chi connectivity index (χ2n) is 9.40. The van der Waals surface area contributed by atoms with E-state index in [1.807, 2.05) is 26.0 Å². The molecule has 2 aromatic carbocycles. The fourth-order valence-electron chi connectivity index (χ4n) is 4.50. The van der Waals surface area contributed by atoms with E-state index >= 15 is 0 Å². The Kier molecular flexibility index (Phi) is 8.72. The molecule has 2 aliphatic heterocycles. The van der Waals surface area contributed by atoms with Gasteiger partial charge in [-0.2, -0.15) is 5.10 Å². The first kappa shape index (κ1) is 26.3. The molecule has 1 saturated heterocycles. The van der Waals surface area contributed by atoms with E-state index in [9.17, 15) is 14.0 Å². The minimum Gasteiger partial charge on any atom is -0.379 e. The number of amides is 2. The summed E-state index contributed by atoms with van der Waals surface area (Å²) in [7, 11) is 0. The monoisotopic (exact) mass is 514 g/mol. The van der Waals surface area contributed by atoms with Gasteiger partial charge in [-0.25, -0.2) is 9.40 Å². The Labute approximate surface area is 216 Å². The van der Waals surface area contributed by atoms with Gasteiger partial charge in [-0.05, 0) is 23.8 Å². The molecule has 2 heterocycles. The highest BCUT2D eigenvalue weighted by Crippen LogP contribution is 2.34. The summed E-state index contributed by atoms with van der Waals surface area (Å²) in [6, 6.07) is 13.2. The van der Waals surface area contributed by atoms with E-state index in [1.165, 1.54) is 11.1 Å². The molecular weight excluding hydrogens is 483 g/mol. The predicted molar refractivity (Wildman–Crippen MR) is 137 cm³/mol.